The molecule has 0 aromatic carbocycles. The minimum atomic E-state index is 0.369. The van der Waals surface area contributed by atoms with Crippen molar-refractivity contribution in [3.05, 3.63) is 17.7 Å². The second-order valence-corrected chi connectivity index (χ2v) is 4.80. The molecule has 1 fully saturated rings. The molecule has 0 spiro atoms. The highest BCUT2D eigenvalue weighted by molar-refractivity contribution is 5.54. The fourth-order valence-electron chi connectivity index (χ4n) is 2.39. The quantitative estimate of drug-likeness (QED) is 0.864. The highest BCUT2D eigenvalue weighted by Crippen LogP contribution is 2.25. The molecule has 0 bridgehead atoms. The number of aryl methyl sites for hydroxylation is 2. The highest BCUT2D eigenvalue weighted by Gasteiger charge is 2.22. The molecule has 6 heteroatoms. The Balaban J connectivity index is 1.86. The van der Waals surface area contributed by atoms with E-state index < -0.39 is 0 Å². The zero-order chi connectivity index (χ0) is 12.5. The molecule has 3 heterocycles. The predicted molar refractivity (Wildman–Crippen MR) is 66.1 cm³/mol. The van der Waals surface area contributed by atoms with Crippen molar-refractivity contribution in [1.29, 1.82) is 0 Å². The van der Waals surface area contributed by atoms with Gasteiger partial charge < -0.3 is 9.84 Å². The van der Waals surface area contributed by atoms with Gasteiger partial charge in [-0.3, -0.25) is 4.68 Å². The number of piperidine rings is 1. The van der Waals surface area contributed by atoms with Gasteiger partial charge in [0.05, 0.1) is 11.3 Å². The summed E-state index contributed by atoms with van der Waals surface area (Å²) >= 11 is 0. The Morgan fingerprint density at radius 2 is 2.39 bits per heavy atom. The van der Waals surface area contributed by atoms with Crippen molar-refractivity contribution in [3.8, 4) is 11.5 Å². The van der Waals surface area contributed by atoms with E-state index in [4.69, 9.17) is 4.52 Å². The Kier molecular flexibility index (Phi) is 2.87. The lowest BCUT2D eigenvalue weighted by Gasteiger charge is -2.19. The fraction of sp³-hybridized carbons (Fsp3) is 0.583. The van der Waals surface area contributed by atoms with E-state index in [0.29, 0.717) is 11.8 Å². The van der Waals surface area contributed by atoms with Crippen LogP contribution in [0.25, 0.3) is 11.5 Å². The Hall–Kier alpha value is -1.69. The molecule has 0 amide bonds. The zero-order valence-electron chi connectivity index (χ0n) is 10.7. The third-order valence-electron chi connectivity index (χ3n) is 3.35. The van der Waals surface area contributed by atoms with E-state index in [1.807, 2.05) is 20.2 Å². The van der Waals surface area contributed by atoms with Crippen LogP contribution in [-0.4, -0.2) is 33.0 Å². The zero-order valence-corrected chi connectivity index (χ0v) is 10.7. The fourth-order valence-corrected chi connectivity index (χ4v) is 2.39. The molecule has 0 saturated carbocycles. The summed E-state index contributed by atoms with van der Waals surface area (Å²) in [5, 5.41) is 11.7. The van der Waals surface area contributed by atoms with E-state index in [1.54, 1.807) is 4.68 Å². The number of aromatic nitrogens is 4. The van der Waals surface area contributed by atoms with Crippen molar-refractivity contribution >= 4 is 0 Å². The normalized spacial score (nSPS) is 20.2. The SMILES string of the molecule is Cc1nn(C)cc1-c1nc(C2CCCNC2)no1. The summed E-state index contributed by atoms with van der Waals surface area (Å²) in [6.45, 7) is 3.97. The van der Waals surface area contributed by atoms with Crippen molar-refractivity contribution in [1.82, 2.24) is 25.2 Å². The lowest BCUT2D eigenvalue weighted by atomic mass is 9.99. The summed E-state index contributed by atoms with van der Waals surface area (Å²) in [4.78, 5) is 4.51. The van der Waals surface area contributed by atoms with E-state index >= 15 is 0 Å². The van der Waals surface area contributed by atoms with Gasteiger partial charge in [0.2, 0.25) is 0 Å². The van der Waals surface area contributed by atoms with Gasteiger partial charge in [0, 0.05) is 25.7 Å². The van der Waals surface area contributed by atoms with Gasteiger partial charge in [-0.2, -0.15) is 10.1 Å². The summed E-state index contributed by atoms with van der Waals surface area (Å²) in [5.41, 5.74) is 1.83. The molecule has 2 aromatic rings. The first-order chi connectivity index (χ1) is 8.74. The molecule has 3 rings (SSSR count). The minimum absolute atomic E-state index is 0.369. The Labute approximate surface area is 105 Å². The van der Waals surface area contributed by atoms with Crippen molar-refractivity contribution in [2.75, 3.05) is 13.1 Å². The maximum absolute atomic E-state index is 5.36. The van der Waals surface area contributed by atoms with Crippen LogP contribution >= 0.6 is 0 Å². The molecule has 1 aliphatic heterocycles. The summed E-state index contributed by atoms with van der Waals surface area (Å²) in [7, 11) is 1.89. The largest absolute Gasteiger partial charge is 0.334 e. The van der Waals surface area contributed by atoms with Gasteiger partial charge in [-0.15, -0.1) is 0 Å². The summed E-state index contributed by atoms with van der Waals surface area (Å²) < 4.78 is 7.12. The topological polar surface area (TPSA) is 68.8 Å². The molecule has 1 unspecified atom stereocenters. The molecule has 6 nitrogen and oxygen atoms in total. The molecule has 18 heavy (non-hydrogen) atoms. The Morgan fingerprint density at radius 3 is 3.06 bits per heavy atom. The Morgan fingerprint density at radius 1 is 1.50 bits per heavy atom. The molecule has 0 radical (unpaired) electrons. The van der Waals surface area contributed by atoms with Crippen LogP contribution in [-0.2, 0) is 7.05 Å². The van der Waals surface area contributed by atoms with E-state index in [9.17, 15) is 0 Å². The second kappa shape index (κ2) is 4.53. The van der Waals surface area contributed by atoms with Crippen LogP contribution in [0.5, 0.6) is 0 Å². The molecule has 1 atom stereocenters. The molecular weight excluding hydrogens is 230 g/mol. The predicted octanol–water partition coefficient (Wildman–Crippen LogP) is 1.25. The van der Waals surface area contributed by atoms with Crippen molar-refractivity contribution < 1.29 is 4.52 Å². The first-order valence-electron chi connectivity index (χ1n) is 6.29. The third kappa shape index (κ3) is 2.03. The lowest BCUT2D eigenvalue weighted by Crippen LogP contribution is -2.28. The maximum atomic E-state index is 5.36. The van der Waals surface area contributed by atoms with Gasteiger partial charge in [-0.25, -0.2) is 0 Å². The minimum Gasteiger partial charge on any atom is -0.334 e. The number of hydrogen-bond acceptors (Lipinski definition) is 5. The lowest BCUT2D eigenvalue weighted by molar-refractivity contribution is 0.393. The maximum Gasteiger partial charge on any atom is 0.261 e. The van der Waals surface area contributed by atoms with E-state index in [0.717, 1.165) is 36.6 Å². The summed E-state index contributed by atoms with van der Waals surface area (Å²) in [6.07, 6.45) is 4.20. The van der Waals surface area contributed by atoms with E-state index in [2.05, 4.69) is 20.6 Å². The van der Waals surface area contributed by atoms with Gasteiger partial charge in [0.15, 0.2) is 5.82 Å². The molecule has 2 aromatic heterocycles. The van der Waals surface area contributed by atoms with Gasteiger partial charge in [-0.1, -0.05) is 5.16 Å². The number of nitrogens with zero attached hydrogens (tertiary/aromatic N) is 4. The molecular formula is C12H17N5O. The summed E-state index contributed by atoms with van der Waals surface area (Å²) in [5.74, 6) is 1.75. The third-order valence-corrected chi connectivity index (χ3v) is 3.35. The molecule has 0 aliphatic carbocycles. The van der Waals surface area contributed by atoms with Gasteiger partial charge >= 0.3 is 0 Å². The van der Waals surface area contributed by atoms with E-state index in [-0.39, 0.29) is 0 Å². The first-order valence-corrected chi connectivity index (χ1v) is 6.29. The van der Waals surface area contributed by atoms with Crippen LogP contribution in [0.2, 0.25) is 0 Å². The molecule has 1 N–H and O–H groups in total. The van der Waals surface area contributed by atoms with Gasteiger partial charge in [0.1, 0.15) is 0 Å². The van der Waals surface area contributed by atoms with Crippen LogP contribution in [0.3, 0.4) is 0 Å². The average Bonchev–Trinajstić information content (AvgIpc) is 2.97. The van der Waals surface area contributed by atoms with Crippen LogP contribution in [0, 0.1) is 6.92 Å². The molecule has 96 valence electrons. The average molecular weight is 247 g/mol. The van der Waals surface area contributed by atoms with Crippen LogP contribution in [0.4, 0.5) is 0 Å². The molecule has 1 saturated heterocycles. The summed E-state index contributed by atoms with van der Waals surface area (Å²) in [6, 6.07) is 0. The highest BCUT2D eigenvalue weighted by atomic mass is 16.5. The van der Waals surface area contributed by atoms with Crippen molar-refractivity contribution in [3.63, 3.8) is 0 Å². The van der Waals surface area contributed by atoms with Crippen LogP contribution in [0.1, 0.15) is 30.3 Å². The van der Waals surface area contributed by atoms with Gasteiger partial charge in [0.25, 0.3) is 5.89 Å². The van der Waals surface area contributed by atoms with Crippen molar-refractivity contribution in [2.45, 2.75) is 25.7 Å². The second-order valence-electron chi connectivity index (χ2n) is 4.80. The standard InChI is InChI=1S/C12H17N5O/c1-8-10(7-17(2)15-8)12-14-11(16-18-12)9-4-3-5-13-6-9/h7,9,13H,3-6H2,1-2H3. The first kappa shape index (κ1) is 11.4. The van der Waals surface area contributed by atoms with E-state index in [1.165, 1.54) is 6.42 Å². The van der Waals surface area contributed by atoms with Crippen LogP contribution < -0.4 is 5.32 Å². The molecule has 1 aliphatic rings. The Bertz CT molecular complexity index is 538. The number of hydrogen-bond donors (Lipinski definition) is 1. The monoisotopic (exact) mass is 247 g/mol. The number of rotatable bonds is 2. The van der Waals surface area contributed by atoms with Crippen molar-refractivity contribution in [2.24, 2.45) is 7.05 Å². The smallest absolute Gasteiger partial charge is 0.261 e. The number of nitrogens with one attached hydrogen (secondary N) is 1. The van der Waals surface area contributed by atoms with Gasteiger partial charge in [-0.05, 0) is 26.3 Å². The van der Waals surface area contributed by atoms with Crippen LogP contribution in [0.15, 0.2) is 10.7 Å².